The van der Waals surface area contributed by atoms with E-state index in [2.05, 4.69) is 71.5 Å². The maximum atomic E-state index is 4.68. The van der Waals surface area contributed by atoms with Gasteiger partial charge in [0.1, 0.15) is 5.82 Å². The highest BCUT2D eigenvalue weighted by Crippen LogP contribution is 2.21. The van der Waals surface area contributed by atoms with Gasteiger partial charge < -0.3 is 9.80 Å². The van der Waals surface area contributed by atoms with Gasteiger partial charge in [0.05, 0.1) is 12.2 Å². The summed E-state index contributed by atoms with van der Waals surface area (Å²) in [4.78, 5) is 8.94. The van der Waals surface area contributed by atoms with E-state index in [4.69, 9.17) is 0 Å². The number of hydrogen-bond donors (Lipinski definition) is 0. The third-order valence-corrected chi connectivity index (χ3v) is 3.00. The zero-order valence-corrected chi connectivity index (χ0v) is 10.1. The van der Waals surface area contributed by atoms with Crippen LogP contribution in [0, 0.1) is 6.92 Å². The second kappa shape index (κ2) is 3.77. The van der Waals surface area contributed by atoms with Gasteiger partial charge in [0.2, 0.25) is 0 Å². The number of fused-ring (bicyclic) bond motifs is 1. The van der Waals surface area contributed by atoms with E-state index in [1.165, 1.54) is 10.9 Å². The lowest BCUT2D eigenvalue weighted by molar-refractivity contribution is 0.494. The van der Waals surface area contributed by atoms with E-state index in [9.17, 15) is 0 Å². The van der Waals surface area contributed by atoms with E-state index in [-0.39, 0.29) is 0 Å². The molecule has 0 atom stereocenters. The summed E-state index contributed by atoms with van der Waals surface area (Å²) >= 11 is 0. The van der Waals surface area contributed by atoms with Gasteiger partial charge in [-0.2, -0.15) is 0 Å². The summed E-state index contributed by atoms with van der Waals surface area (Å²) in [5.74, 6) is 1.00. The number of nitrogens with zero attached hydrogens (tertiary/aromatic N) is 3. The minimum absolute atomic E-state index is 0.865. The Morgan fingerprint density at radius 3 is 2.76 bits per heavy atom. The van der Waals surface area contributed by atoms with Crippen molar-refractivity contribution in [2.24, 2.45) is 0 Å². The van der Waals surface area contributed by atoms with Gasteiger partial charge in [-0.05, 0) is 31.2 Å². The minimum atomic E-state index is 0.865. The second-order valence-electron chi connectivity index (χ2n) is 4.53. The Labute approximate surface area is 101 Å². The summed E-state index contributed by atoms with van der Waals surface area (Å²) in [6, 6.07) is 10.6. The molecule has 0 bridgehead atoms. The fraction of sp³-hybridized carbons (Fsp3) is 0.214. The smallest absolute Gasteiger partial charge is 0.134 e. The highest BCUT2D eigenvalue weighted by molar-refractivity contribution is 5.81. The first-order valence-corrected chi connectivity index (χ1v) is 5.75. The average molecular weight is 225 g/mol. The van der Waals surface area contributed by atoms with Crippen molar-refractivity contribution in [2.45, 2.75) is 6.92 Å². The monoisotopic (exact) mass is 225 g/mol. The SMILES string of the molecule is Cc1ccc2nc(N3C=CN(C)C3)ccc2c1. The highest BCUT2D eigenvalue weighted by Gasteiger charge is 2.11. The van der Waals surface area contributed by atoms with Crippen LogP contribution < -0.4 is 4.90 Å². The molecule has 0 saturated carbocycles. The summed E-state index contributed by atoms with van der Waals surface area (Å²) in [7, 11) is 2.06. The third kappa shape index (κ3) is 1.84. The molecule has 0 saturated heterocycles. The van der Waals surface area contributed by atoms with E-state index in [0.29, 0.717) is 0 Å². The van der Waals surface area contributed by atoms with Crippen molar-refractivity contribution in [3.63, 3.8) is 0 Å². The first kappa shape index (κ1) is 10.1. The topological polar surface area (TPSA) is 19.4 Å². The van der Waals surface area contributed by atoms with Gasteiger partial charge in [-0.25, -0.2) is 4.98 Å². The Morgan fingerprint density at radius 1 is 1.12 bits per heavy atom. The van der Waals surface area contributed by atoms with E-state index < -0.39 is 0 Å². The Hall–Kier alpha value is -2.03. The molecule has 3 nitrogen and oxygen atoms in total. The van der Waals surface area contributed by atoms with Crippen molar-refractivity contribution >= 4 is 16.7 Å². The first-order valence-electron chi connectivity index (χ1n) is 5.75. The molecule has 1 aromatic heterocycles. The lowest BCUT2D eigenvalue weighted by Crippen LogP contribution is -2.22. The van der Waals surface area contributed by atoms with Crippen LogP contribution in [0.5, 0.6) is 0 Å². The van der Waals surface area contributed by atoms with E-state index in [0.717, 1.165) is 18.0 Å². The molecule has 1 aliphatic rings. The van der Waals surface area contributed by atoms with Crippen molar-refractivity contribution in [1.82, 2.24) is 9.88 Å². The molecule has 3 rings (SSSR count). The number of aryl methyl sites for hydroxylation is 1. The van der Waals surface area contributed by atoms with Gasteiger partial charge in [0.25, 0.3) is 0 Å². The molecule has 0 N–H and O–H groups in total. The minimum Gasteiger partial charge on any atom is -0.361 e. The first-order chi connectivity index (χ1) is 8.22. The maximum Gasteiger partial charge on any atom is 0.134 e. The standard InChI is InChI=1S/C14H15N3/c1-11-3-5-13-12(9-11)4-6-14(15-13)17-8-7-16(2)10-17/h3-9H,10H2,1-2H3. The van der Waals surface area contributed by atoms with Crippen LogP contribution in [0.1, 0.15) is 5.56 Å². The molecular weight excluding hydrogens is 210 g/mol. The van der Waals surface area contributed by atoms with E-state index in [1.807, 2.05) is 0 Å². The molecule has 0 radical (unpaired) electrons. The second-order valence-corrected chi connectivity index (χ2v) is 4.53. The van der Waals surface area contributed by atoms with Crippen LogP contribution in [-0.2, 0) is 0 Å². The number of pyridine rings is 1. The molecule has 0 aliphatic carbocycles. The molecule has 2 aromatic rings. The average Bonchev–Trinajstić information content (AvgIpc) is 2.75. The van der Waals surface area contributed by atoms with Gasteiger partial charge in [-0.3, -0.25) is 0 Å². The van der Waals surface area contributed by atoms with Gasteiger partial charge in [-0.15, -0.1) is 0 Å². The van der Waals surface area contributed by atoms with Crippen molar-refractivity contribution in [3.05, 3.63) is 48.3 Å². The van der Waals surface area contributed by atoms with Crippen LogP contribution in [-0.4, -0.2) is 23.6 Å². The summed E-state index contributed by atoms with van der Waals surface area (Å²) in [6.45, 7) is 2.97. The van der Waals surface area contributed by atoms with Crippen LogP contribution in [0.25, 0.3) is 10.9 Å². The highest BCUT2D eigenvalue weighted by atomic mass is 15.3. The summed E-state index contributed by atoms with van der Waals surface area (Å²) < 4.78 is 0. The predicted molar refractivity (Wildman–Crippen MR) is 70.7 cm³/mol. The molecule has 2 heterocycles. The maximum absolute atomic E-state index is 4.68. The molecule has 0 unspecified atom stereocenters. The van der Waals surface area contributed by atoms with Crippen molar-refractivity contribution in [2.75, 3.05) is 18.6 Å². The van der Waals surface area contributed by atoms with Gasteiger partial charge >= 0.3 is 0 Å². The zero-order chi connectivity index (χ0) is 11.8. The lowest BCUT2D eigenvalue weighted by atomic mass is 10.1. The van der Waals surface area contributed by atoms with Gasteiger partial charge in [0, 0.05) is 24.8 Å². The normalized spacial score (nSPS) is 14.9. The van der Waals surface area contributed by atoms with Crippen molar-refractivity contribution in [3.8, 4) is 0 Å². The van der Waals surface area contributed by atoms with E-state index >= 15 is 0 Å². The van der Waals surface area contributed by atoms with Crippen LogP contribution in [0.4, 0.5) is 5.82 Å². The van der Waals surface area contributed by atoms with Crippen molar-refractivity contribution < 1.29 is 0 Å². The van der Waals surface area contributed by atoms with Crippen LogP contribution in [0.2, 0.25) is 0 Å². The zero-order valence-electron chi connectivity index (χ0n) is 10.1. The van der Waals surface area contributed by atoms with Gasteiger partial charge in [0.15, 0.2) is 0 Å². The number of anilines is 1. The molecule has 17 heavy (non-hydrogen) atoms. The van der Waals surface area contributed by atoms with Crippen molar-refractivity contribution in [1.29, 1.82) is 0 Å². The Kier molecular flexibility index (Phi) is 2.25. The van der Waals surface area contributed by atoms with Crippen LogP contribution in [0.15, 0.2) is 42.7 Å². The summed E-state index contributed by atoms with van der Waals surface area (Å²) in [6.07, 6.45) is 4.11. The molecule has 1 aromatic carbocycles. The quantitative estimate of drug-likeness (QED) is 0.744. The number of benzene rings is 1. The molecule has 0 amide bonds. The predicted octanol–water partition coefficient (Wildman–Crippen LogP) is 2.72. The largest absolute Gasteiger partial charge is 0.361 e. The Morgan fingerprint density at radius 2 is 2.00 bits per heavy atom. The van der Waals surface area contributed by atoms with E-state index in [1.54, 1.807) is 0 Å². The third-order valence-electron chi connectivity index (χ3n) is 3.00. The molecule has 1 aliphatic heterocycles. The number of hydrogen-bond acceptors (Lipinski definition) is 3. The Bertz CT molecular complexity index is 589. The summed E-state index contributed by atoms with van der Waals surface area (Å²) in [5, 5.41) is 1.20. The molecule has 0 spiro atoms. The lowest BCUT2D eigenvalue weighted by Gasteiger charge is -2.17. The molecule has 3 heteroatoms. The van der Waals surface area contributed by atoms with Crippen LogP contribution in [0.3, 0.4) is 0 Å². The molecule has 0 fully saturated rings. The van der Waals surface area contributed by atoms with Crippen LogP contribution >= 0.6 is 0 Å². The summed E-state index contributed by atoms with van der Waals surface area (Å²) in [5.41, 5.74) is 2.32. The molecule has 86 valence electrons. The fourth-order valence-corrected chi connectivity index (χ4v) is 2.07. The number of aromatic nitrogens is 1. The fourth-order valence-electron chi connectivity index (χ4n) is 2.07. The Balaban J connectivity index is 2.02. The molecular formula is C14H15N3. The number of rotatable bonds is 1. The van der Waals surface area contributed by atoms with Gasteiger partial charge in [-0.1, -0.05) is 11.6 Å².